The van der Waals surface area contributed by atoms with Gasteiger partial charge in [-0.05, 0) is 64.5 Å². The van der Waals surface area contributed by atoms with Crippen LogP contribution in [0.25, 0.3) is 0 Å². The first-order chi connectivity index (χ1) is 12.0. The summed E-state index contributed by atoms with van der Waals surface area (Å²) >= 11 is 0. The number of piperidine rings is 1. The second-order valence-corrected chi connectivity index (χ2v) is 7.76. The summed E-state index contributed by atoms with van der Waals surface area (Å²) in [7, 11) is 0. The van der Waals surface area contributed by atoms with E-state index in [-0.39, 0.29) is 11.5 Å². The zero-order valence-corrected chi connectivity index (χ0v) is 15.6. The van der Waals surface area contributed by atoms with Crippen molar-refractivity contribution in [3.05, 3.63) is 24.0 Å². The smallest absolute Gasteiger partial charge is 0.148 e. The van der Waals surface area contributed by atoms with E-state index in [9.17, 15) is 4.39 Å². The maximum absolute atomic E-state index is 13.6. The number of likely N-dealkylation sites (tertiary alicyclic amines) is 1. The lowest BCUT2D eigenvalue weighted by molar-refractivity contribution is -0.0242. The minimum atomic E-state index is -0.346. The fourth-order valence-corrected chi connectivity index (χ4v) is 4.38. The molecule has 1 aromatic rings. The van der Waals surface area contributed by atoms with Crippen LogP contribution in [0.5, 0.6) is 0 Å². The van der Waals surface area contributed by atoms with Crippen LogP contribution in [-0.2, 0) is 4.74 Å². The summed E-state index contributed by atoms with van der Waals surface area (Å²) in [6.45, 7) is 7.48. The Morgan fingerprint density at radius 1 is 1.24 bits per heavy atom. The van der Waals surface area contributed by atoms with Crippen molar-refractivity contribution in [2.45, 2.75) is 70.1 Å². The molecule has 1 aromatic carbocycles. The maximum Gasteiger partial charge on any atom is 0.148 e. The van der Waals surface area contributed by atoms with Crippen LogP contribution in [-0.4, -0.2) is 42.3 Å². The molecule has 140 valence electrons. The highest BCUT2D eigenvalue weighted by atomic mass is 19.1. The minimum absolute atomic E-state index is 0.228. The zero-order valence-electron chi connectivity index (χ0n) is 15.6. The highest BCUT2D eigenvalue weighted by Crippen LogP contribution is 2.36. The molecular weight excluding hydrogens is 317 g/mol. The van der Waals surface area contributed by atoms with Gasteiger partial charge in [-0.15, -0.1) is 0 Å². The highest BCUT2D eigenvalue weighted by Gasteiger charge is 2.38. The highest BCUT2D eigenvalue weighted by molar-refractivity contribution is 5.66. The second-order valence-electron chi connectivity index (χ2n) is 7.76. The number of para-hydroxylation sites is 1. The average Bonchev–Trinajstić information content (AvgIpc) is 2.62. The van der Waals surface area contributed by atoms with Gasteiger partial charge in [0.2, 0.25) is 0 Å². The van der Waals surface area contributed by atoms with Gasteiger partial charge < -0.3 is 15.8 Å². The molecule has 1 aliphatic heterocycles. The fraction of sp³-hybridized carbons (Fsp3) is 0.700. The maximum atomic E-state index is 13.6. The topological polar surface area (TPSA) is 50.5 Å². The number of anilines is 2. The fourth-order valence-electron chi connectivity index (χ4n) is 4.38. The Morgan fingerprint density at radius 3 is 2.56 bits per heavy atom. The first-order valence-corrected chi connectivity index (χ1v) is 9.69. The van der Waals surface area contributed by atoms with Crippen molar-refractivity contribution in [3.8, 4) is 0 Å². The third-order valence-corrected chi connectivity index (χ3v) is 6.08. The average molecular weight is 349 g/mol. The van der Waals surface area contributed by atoms with Crippen molar-refractivity contribution in [3.63, 3.8) is 0 Å². The monoisotopic (exact) mass is 349 g/mol. The van der Waals surface area contributed by atoms with Crippen molar-refractivity contribution in [2.75, 3.05) is 30.7 Å². The molecule has 2 fully saturated rings. The van der Waals surface area contributed by atoms with Crippen molar-refractivity contribution in [1.29, 1.82) is 0 Å². The largest absolute Gasteiger partial charge is 0.395 e. The minimum Gasteiger partial charge on any atom is -0.395 e. The number of rotatable bonds is 5. The third kappa shape index (κ3) is 4.26. The molecule has 4 nitrogen and oxygen atoms in total. The number of halogens is 1. The zero-order chi connectivity index (χ0) is 17.9. The van der Waals surface area contributed by atoms with Gasteiger partial charge in [0.25, 0.3) is 0 Å². The van der Waals surface area contributed by atoms with Gasteiger partial charge in [-0.3, -0.25) is 4.90 Å². The molecule has 0 unspecified atom stereocenters. The van der Waals surface area contributed by atoms with Crippen molar-refractivity contribution in [2.24, 2.45) is 0 Å². The van der Waals surface area contributed by atoms with E-state index in [2.05, 4.69) is 24.1 Å². The van der Waals surface area contributed by atoms with Gasteiger partial charge in [-0.1, -0.05) is 6.07 Å². The van der Waals surface area contributed by atoms with E-state index in [0.717, 1.165) is 38.2 Å². The summed E-state index contributed by atoms with van der Waals surface area (Å²) in [5.74, 6) is -0.346. The summed E-state index contributed by atoms with van der Waals surface area (Å²) in [4.78, 5) is 2.66. The van der Waals surface area contributed by atoms with E-state index in [1.54, 1.807) is 6.07 Å². The van der Waals surface area contributed by atoms with Crippen molar-refractivity contribution >= 4 is 11.4 Å². The molecule has 1 aliphatic carbocycles. The van der Waals surface area contributed by atoms with Crippen molar-refractivity contribution < 1.29 is 9.13 Å². The van der Waals surface area contributed by atoms with Crippen LogP contribution in [0.2, 0.25) is 0 Å². The molecule has 2 aliphatic rings. The molecule has 3 rings (SSSR count). The van der Waals surface area contributed by atoms with E-state index in [0.29, 0.717) is 17.7 Å². The first kappa shape index (κ1) is 18.5. The van der Waals surface area contributed by atoms with Gasteiger partial charge in [-0.25, -0.2) is 4.39 Å². The Labute approximate surface area is 150 Å². The van der Waals surface area contributed by atoms with Crippen LogP contribution in [0.3, 0.4) is 0 Å². The Hall–Kier alpha value is -1.33. The molecule has 0 aromatic heterocycles. The van der Waals surface area contributed by atoms with Crippen LogP contribution in [0.4, 0.5) is 15.8 Å². The summed E-state index contributed by atoms with van der Waals surface area (Å²) in [5, 5.41) is 3.44. The number of nitrogens with two attached hydrogens (primary N) is 1. The van der Waals surface area contributed by atoms with Gasteiger partial charge in [0.1, 0.15) is 5.82 Å². The Morgan fingerprint density at radius 2 is 1.92 bits per heavy atom. The number of hydrogen-bond donors (Lipinski definition) is 2. The van der Waals surface area contributed by atoms with E-state index in [4.69, 9.17) is 10.5 Å². The van der Waals surface area contributed by atoms with E-state index in [1.165, 1.54) is 31.7 Å². The van der Waals surface area contributed by atoms with Crippen LogP contribution in [0.15, 0.2) is 18.2 Å². The summed E-state index contributed by atoms with van der Waals surface area (Å²) in [6.07, 6.45) is 7.36. The Kier molecular flexibility index (Phi) is 5.85. The number of ether oxygens (including phenoxy) is 1. The summed E-state index contributed by atoms with van der Waals surface area (Å²) in [5.41, 5.74) is 7.10. The molecule has 3 N–H and O–H groups in total. The third-order valence-electron chi connectivity index (χ3n) is 6.08. The molecule has 5 heteroatoms. The van der Waals surface area contributed by atoms with E-state index >= 15 is 0 Å². The predicted octanol–water partition coefficient (Wildman–Crippen LogP) is 4.02. The molecule has 1 saturated carbocycles. The van der Waals surface area contributed by atoms with Gasteiger partial charge in [0, 0.05) is 31.3 Å². The SMILES string of the molecule is CCO[C@H]1CC[C@](C)(N2CCC(Nc3cccc(F)c3N)CC2)CC1. The first-order valence-electron chi connectivity index (χ1n) is 9.69. The number of hydrogen-bond acceptors (Lipinski definition) is 4. The van der Waals surface area contributed by atoms with Crippen LogP contribution in [0.1, 0.15) is 52.4 Å². The quantitative estimate of drug-likeness (QED) is 0.788. The molecular formula is C20H32FN3O. The standard InChI is InChI=1S/C20H32FN3O/c1-3-25-16-7-11-20(2,12-8-16)24-13-9-15(10-14-24)23-18-6-4-5-17(21)19(18)22/h4-6,15-16,23H,3,7-14,22H2,1-2H3/t16-,20-. The van der Waals surface area contributed by atoms with Gasteiger partial charge in [0.05, 0.1) is 17.5 Å². The van der Waals surface area contributed by atoms with Crippen LogP contribution >= 0.6 is 0 Å². The summed E-state index contributed by atoms with van der Waals surface area (Å²) < 4.78 is 19.4. The Balaban J connectivity index is 1.51. The number of nitrogen functional groups attached to an aromatic ring is 1. The second kappa shape index (κ2) is 7.92. The number of benzene rings is 1. The van der Waals surface area contributed by atoms with Crippen LogP contribution in [0, 0.1) is 5.82 Å². The Bertz CT molecular complexity index is 564. The van der Waals surface area contributed by atoms with Crippen LogP contribution < -0.4 is 11.1 Å². The predicted molar refractivity (Wildman–Crippen MR) is 101 cm³/mol. The lowest BCUT2D eigenvalue weighted by atomic mass is 9.79. The van der Waals surface area contributed by atoms with Gasteiger partial charge >= 0.3 is 0 Å². The lowest BCUT2D eigenvalue weighted by Crippen LogP contribution is -2.53. The molecule has 0 bridgehead atoms. The molecule has 1 heterocycles. The van der Waals surface area contributed by atoms with E-state index in [1.807, 2.05) is 6.07 Å². The molecule has 1 saturated heterocycles. The number of nitrogens with one attached hydrogen (secondary N) is 1. The van der Waals surface area contributed by atoms with Crippen molar-refractivity contribution in [1.82, 2.24) is 4.90 Å². The van der Waals surface area contributed by atoms with Gasteiger partial charge in [-0.2, -0.15) is 0 Å². The number of nitrogens with zero attached hydrogens (tertiary/aromatic N) is 1. The molecule has 0 radical (unpaired) electrons. The molecule has 0 amide bonds. The molecule has 0 atom stereocenters. The van der Waals surface area contributed by atoms with Gasteiger partial charge in [0.15, 0.2) is 0 Å². The normalized spacial score (nSPS) is 28.8. The molecule has 0 spiro atoms. The summed E-state index contributed by atoms with van der Waals surface area (Å²) in [6, 6.07) is 5.34. The molecule has 25 heavy (non-hydrogen) atoms. The van der Waals surface area contributed by atoms with E-state index < -0.39 is 0 Å². The lowest BCUT2D eigenvalue weighted by Gasteiger charge is -2.48.